The van der Waals surface area contributed by atoms with Gasteiger partial charge in [-0.3, -0.25) is 9.59 Å². The van der Waals surface area contributed by atoms with Crippen LogP contribution in [0.3, 0.4) is 0 Å². The van der Waals surface area contributed by atoms with Crippen LogP contribution < -0.4 is 16.4 Å². The Hall–Kier alpha value is -1.67. The third kappa shape index (κ3) is 4.67. The van der Waals surface area contributed by atoms with Gasteiger partial charge in [0.05, 0.1) is 6.04 Å². The van der Waals surface area contributed by atoms with Crippen LogP contribution >= 0.6 is 0 Å². The van der Waals surface area contributed by atoms with Crippen LogP contribution in [0.15, 0.2) is 0 Å². The number of nitrogens with two attached hydrogens (primary N) is 1. The van der Waals surface area contributed by atoms with Crippen molar-refractivity contribution in [1.82, 2.24) is 15.5 Å². The second-order valence-corrected chi connectivity index (χ2v) is 6.52. The number of carbonyl (C=O) groups excluding carboxylic acids is 2. The van der Waals surface area contributed by atoms with E-state index in [0.29, 0.717) is 32.4 Å². The van der Waals surface area contributed by atoms with Crippen LogP contribution in [-0.4, -0.2) is 65.5 Å². The van der Waals surface area contributed by atoms with E-state index in [2.05, 4.69) is 10.6 Å². The zero-order valence-electron chi connectivity index (χ0n) is 14.0. The van der Waals surface area contributed by atoms with E-state index in [1.807, 2.05) is 0 Å². The van der Waals surface area contributed by atoms with Gasteiger partial charge >= 0.3 is 5.97 Å². The van der Waals surface area contributed by atoms with Gasteiger partial charge < -0.3 is 26.4 Å². The molecule has 8 nitrogen and oxygen atoms in total. The van der Waals surface area contributed by atoms with Gasteiger partial charge in [-0.05, 0) is 58.0 Å². The molecule has 2 amide bonds. The molecule has 2 saturated heterocycles. The van der Waals surface area contributed by atoms with Crippen LogP contribution in [0, 0.1) is 0 Å². The van der Waals surface area contributed by atoms with Crippen LogP contribution in [0.4, 0.5) is 0 Å². The number of aliphatic carboxylic acids is 1. The third-order valence-electron chi connectivity index (χ3n) is 4.76. The van der Waals surface area contributed by atoms with Crippen LogP contribution in [0.5, 0.6) is 0 Å². The van der Waals surface area contributed by atoms with Crippen molar-refractivity contribution in [1.29, 1.82) is 0 Å². The van der Waals surface area contributed by atoms with Gasteiger partial charge in [-0.1, -0.05) is 0 Å². The summed E-state index contributed by atoms with van der Waals surface area (Å²) in [7, 11) is 0. The van der Waals surface area contributed by atoms with Crippen molar-refractivity contribution in [2.24, 2.45) is 5.73 Å². The lowest BCUT2D eigenvalue weighted by molar-refractivity contribution is -0.149. The number of nitrogens with zero attached hydrogens (tertiary/aromatic N) is 1. The van der Waals surface area contributed by atoms with Gasteiger partial charge in [0, 0.05) is 6.54 Å². The van der Waals surface area contributed by atoms with E-state index >= 15 is 0 Å². The molecule has 3 atom stereocenters. The fourth-order valence-electron chi connectivity index (χ4n) is 3.42. The van der Waals surface area contributed by atoms with Gasteiger partial charge in [0.2, 0.25) is 11.8 Å². The minimum atomic E-state index is -0.981. The van der Waals surface area contributed by atoms with Crippen LogP contribution in [0.2, 0.25) is 0 Å². The maximum Gasteiger partial charge on any atom is 0.326 e. The molecule has 24 heavy (non-hydrogen) atoms. The molecule has 5 N–H and O–H groups in total. The van der Waals surface area contributed by atoms with E-state index in [1.54, 1.807) is 0 Å². The predicted molar refractivity (Wildman–Crippen MR) is 88.2 cm³/mol. The number of amides is 2. The molecule has 0 aromatic heterocycles. The van der Waals surface area contributed by atoms with Crippen molar-refractivity contribution >= 4 is 17.8 Å². The average Bonchev–Trinajstić information content (AvgIpc) is 3.24. The standard InChI is InChI=1S/C16H28N4O4/c17-8-2-1-5-12(19-14(21)11-6-3-9-18-11)15(22)20-10-4-7-13(20)16(23)24/h11-13,18H,1-10,17H2,(H,19,21)(H,23,24)/t11-,12-,13+/m0/s1. The molecule has 136 valence electrons. The first-order valence-electron chi connectivity index (χ1n) is 8.81. The van der Waals surface area contributed by atoms with Crippen molar-refractivity contribution in [3.63, 3.8) is 0 Å². The molecule has 0 radical (unpaired) electrons. The highest BCUT2D eigenvalue weighted by atomic mass is 16.4. The van der Waals surface area contributed by atoms with Crippen LogP contribution in [0.1, 0.15) is 44.9 Å². The van der Waals surface area contributed by atoms with Gasteiger partial charge in [0.25, 0.3) is 0 Å². The highest BCUT2D eigenvalue weighted by molar-refractivity contribution is 5.92. The van der Waals surface area contributed by atoms with E-state index < -0.39 is 18.1 Å². The summed E-state index contributed by atoms with van der Waals surface area (Å²) < 4.78 is 0. The lowest BCUT2D eigenvalue weighted by Crippen LogP contribution is -2.54. The van der Waals surface area contributed by atoms with E-state index in [4.69, 9.17) is 5.73 Å². The van der Waals surface area contributed by atoms with Crippen molar-refractivity contribution in [2.75, 3.05) is 19.6 Å². The van der Waals surface area contributed by atoms with Gasteiger partial charge in [-0.25, -0.2) is 4.79 Å². The predicted octanol–water partition coefficient (Wildman–Crippen LogP) is -0.572. The molecule has 0 aromatic rings. The summed E-state index contributed by atoms with van der Waals surface area (Å²) in [6.45, 7) is 1.76. The topological polar surface area (TPSA) is 125 Å². The first kappa shape index (κ1) is 18.7. The first-order chi connectivity index (χ1) is 11.5. The number of hydrogen-bond donors (Lipinski definition) is 4. The van der Waals surface area contributed by atoms with Gasteiger partial charge in [-0.2, -0.15) is 0 Å². The highest BCUT2D eigenvalue weighted by Crippen LogP contribution is 2.20. The summed E-state index contributed by atoms with van der Waals surface area (Å²) in [5, 5.41) is 15.2. The fourth-order valence-corrected chi connectivity index (χ4v) is 3.42. The minimum Gasteiger partial charge on any atom is -0.480 e. The Balaban J connectivity index is 2.01. The Morgan fingerprint density at radius 1 is 1.25 bits per heavy atom. The normalized spacial score (nSPS) is 24.8. The minimum absolute atomic E-state index is 0.176. The largest absolute Gasteiger partial charge is 0.480 e. The van der Waals surface area contributed by atoms with E-state index in [0.717, 1.165) is 32.2 Å². The summed E-state index contributed by atoms with van der Waals surface area (Å²) in [4.78, 5) is 37.9. The molecular weight excluding hydrogens is 312 g/mol. The highest BCUT2D eigenvalue weighted by Gasteiger charge is 2.38. The smallest absolute Gasteiger partial charge is 0.326 e. The van der Waals surface area contributed by atoms with E-state index in [-0.39, 0.29) is 17.9 Å². The number of unbranched alkanes of at least 4 members (excludes halogenated alkanes) is 1. The second-order valence-electron chi connectivity index (χ2n) is 6.52. The summed E-state index contributed by atoms with van der Waals surface area (Å²) in [6.07, 6.45) is 4.82. The third-order valence-corrected chi connectivity index (χ3v) is 4.76. The SMILES string of the molecule is NCCCC[C@H](NC(=O)[C@@H]1CCCN1)C(=O)N1CCC[C@@H]1C(=O)O. The molecule has 0 saturated carbocycles. The molecule has 0 unspecified atom stereocenters. The molecule has 0 bridgehead atoms. The van der Waals surface area contributed by atoms with Gasteiger partial charge in [-0.15, -0.1) is 0 Å². The number of carboxylic acids is 1. The molecule has 0 spiro atoms. The average molecular weight is 340 g/mol. The zero-order chi connectivity index (χ0) is 17.5. The van der Waals surface area contributed by atoms with Gasteiger partial charge in [0.15, 0.2) is 0 Å². The maximum atomic E-state index is 12.8. The molecule has 2 rings (SSSR count). The number of rotatable bonds is 8. The summed E-state index contributed by atoms with van der Waals surface area (Å²) in [5.41, 5.74) is 5.51. The lowest BCUT2D eigenvalue weighted by Gasteiger charge is -2.28. The van der Waals surface area contributed by atoms with Crippen molar-refractivity contribution in [3.8, 4) is 0 Å². The monoisotopic (exact) mass is 340 g/mol. The molecule has 8 heteroatoms. The Kier molecular flexibility index (Phi) is 6.99. The summed E-state index contributed by atoms with van der Waals surface area (Å²) in [6, 6.07) is -1.72. The van der Waals surface area contributed by atoms with E-state index in [1.165, 1.54) is 4.90 Å². The Labute approximate surface area is 142 Å². The summed E-state index contributed by atoms with van der Waals surface area (Å²) in [5.74, 6) is -1.45. The van der Waals surface area contributed by atoms with Gasteiger partial charge in [0.1, 0.15) is 12.1 Å². The van der Waals surface area contributed by atoms with Crippen LogP contribution in [-0.2, 0) is 14.4 Å². The summed E-state index contributed by atoms with van der Waals surface area (Å²) >= 11 is 0. The number of nitrogens with one attached hydrogen (secondary N) is 2. The Bertz CT molecular complexity index is 465. The molecule has 2 fully saturated rings. The molecule has 2 aliphatic rings. The maximum absolute atomic E-state index is 12.8. The molecule has 0 aliphatic carbocycles. The number of carbonyl (C=O) groups is 3. The molecule has 0 aromatic carbocycles. The second kappa shape index (κ2) is 8.98. The fraction of sp³-hybridized carbons (Fsp3) is 0.812. The van der Waals surface area contributed by atoms with Crippen molar-refractivity contribution in [2.45, 2.75) is 63.1 Å². The Morgan fingerprint density at radius 3 is 2.67 bits per heavy atom. The van der Waals surface area contributed by atoms with Crippen molar-refractivity contribution in [3.05, 3.63) is 0 Å². The molecular formula is C16H28N4O4. The number of hydrogen-bond acceptors (Lipinski definition) is 5. The van der Waals surface area contributed by atoms with E-state index in [9.17, 15) is 19.5 Å². The van der Waals surface area contributed by atoms with Crippen molar-refractivity contribution < 1.29 is 19.5 Å². The Morgan fingerprint density at radius 2 is 2.04 bits per heavy atom. The number of carboxylic acid groups (broad SMARTS) is 1. The number of likely N-dealkylation sites (tertiary alicyclic amines) is 1. The van der Waals surface area contributed by atoms with Crippen LogP contribution in [0.25, 0.3) is 0 Å². The zero-order valence-corrected chi connectivity index (χ0v) is 14.0. The molecule has 2 aliphatic heterocycles. The molecule has 2 heterocycles. The lowest BCUT2D eigenvalue weighted by atomic mass is 10.1. The first-order valence-corrected chi connectivity index (χ1v) is 8.81. The quantitative estimate of drug-likeness (QED) is 0.439.